The van der Waals surface area contributed by atoms with E-state index in [0.29, 0.717) is 28.2 Å². The molecule has 0 aliphatic carbocycles. The van der Waals surface area contributed by atoms with E-state index in [1.807, 2.05) is 42.5 Å². The molecule has 186 valence electrons. The van der Waals surface area contributed by atoms with Gasteiger partial charge in [-0.3, -0.25) is 4.79 Å². The van der Waals surface area contributed by atoms with Crippen LogP contribution in [0.3, 0.4) is 0 Å². The lowest BCUT2D eigenvalue weighted by molar-refractivity contribution is -0.136. The molecule has 0 saturated heterocycles. The summed E-state index contributed by atoms with van der Waals surface area (Å²) in [4.78, 5) is 19.1. The van der Waals surface area contributed by atoms with E-state index in [4.69, 9.17) is 21.7 Å². The highest BCUT2D eigenvalue weighted by Crippen LogP contribution is 2.33. The summed E-state index contributed by atoms with van der Waals surface area (Å²) in [6, 6.07) is 21.3. The fourth-order valence-electron chi connectivity index (χ4n) is 4.23. The Morgan fingerprint density at radius 1 is 1.11 bits per heavy atom. The van der Waals surface area contributed by atoms with Crippen LogP contribution >= 0.6 is 11.6 Å². The van der Waals surface area contributed by atoms with E-state index in [0.717, 1.165) is 35.2 Å². The zero-order valence-corrected chi connectivity index (χ0v) is 21.1. The number of aromatic hydroxyl groups is 1. The van der Waals surface area contributed by atoms with E-state index in [9.17, 15) is 9.90 Å². The second-order valence-corrected chi connectivity index (χ2v) is 9.30. The Kier molecular flexibility index (Phi) is 8.08. The van der Waals surface area contributed by atoms with Crippen molar-refractivity contribution in [2.75, 3.05) is 6.54 Å². The number of benzene rings is 3. The molecule has 1 atom stereocenters. The third kappa shape index (κ3) is 5.96. The molecule has 3 aromatic carbocycles. The lowest BCUT2D eigenvalue weighted by atomic mass is 9.97. The molecular formula is C29H30ClN3O3. The van der Waals surface area contributed by atoms with Crippen molar-refractivity contribution in [3.63, 3.8) is 0 Å². The highest BCUT2D eigenvalue weighted by atomic mass is 35.5. The van der Waals surface area contributed by atoms with Crippen LogP contribution in [0.4, 0.5) is 5.69 Å². The number of aryl methyl sites for hydroxylation is 1. The quantitative estimate of drug-likeness (QED) is 0.179. The number of nitrogens with zero attached hydrogens (tertiary/aromatic N) is 1. The summed E-state index contributed by atoms with van der Waals surface area (Å²) >= 11 is 6.17. The molecule has 0 bridgehead atoms. The number of aliphatic carboxylic acids is 1. The van der Waals surface area contributed by atoms with Gasteiger partial charge in [0.2, 0.25) is 0 Å². The molecule has 0 radical (unpaired) electrons. The van der Waals surface area contributed by atoms with Gasteiger partial charge in [0.1, 0.15) is 0 Å². The number of rotatable bonds is 10. The maximum absolute atomic E-state index is 11.1. The van der Waals surface area contributed by atoms with E-state index in [1.54, 1.807) is 12.1 Å². The van der Waals surface area contributed by atoms with Crippen LogP contribution in [-0.4, -0.2) is 33.4 Å². The third-order valence-corrected chi connectivity index (χ3v) is 6.38. The SMILES string of the molecule is CCCNC(C)c1ccc(N=C(c2cccc(CCC(=O)O)c2)c2c(O)[nH]c3cc(Cl)ccc23)cc1. The van der Waals surface area contributed by atoms with Crippen LogP contribution in [0.15, 0.2) is 71.7 Å². The predicted molar refractivity (Wildman–Crippen MR) is 146 cm³/mol. The average Bonchev–Trinajstić information content (AvgIpc) is 3.19. The molecule has 4 rings (SSSR count). The molecule has 1 unspecified atom stereocenters. The number of fused-ring (bicyclic) bond motifs is 1. The summed E-state index contributed by atoms with van der Waals surface area (Å²) in [6.07, 6.45) is 1.52. The number of halogens is 1. The minimum Gasteiger partial charge on any atom is -0.494 e. The molecule has 0 aliphatic heterocycles. The van der Waals surface area contributed by atoms with Crippen LogP contribution in [0.1, 0.15) is 55.0 Å². The number of aliphatic imine (C=N–C) groups is 1. The largest absolute Gasteiger partial charge is 0.494 e. The summed E-state index contributed by atoms with van der Waals surface area (Å²) in [5.74, 6) is -0.848. The Morgan fingerprint density at radius 3 is 2.61 bits per heavy atom. The fourth-order valence-corrected chi connectivity index (χ4v) is 4.40. The van der Waals surface area contributed by atoms with Gasteiger partial charge < -0.3 is 20.5 Å². The molecule has 0 saturated carbocycles. The van der Waals surface area contributed by atoms with Gasteiger partial charge >= 0.3 is 5.97 Å². The van der Waals surface area contributed by atoms with Crippen LogP contribution in [-0.2, 0) is 11.2 Å². The number of nitrogens with one attached hydrogen (secondary N) is 2. The lowest BCUT2D eigenvalue weighted by Crippen LogP contribution is -2.19. The minimum atomic E-state index is -0.844. The maximum Gasteiger partial charge on any atom is 0.303 e. The number of hydrogen-bond acceptors (Lipinski definition) is 4. The standard InChI is InChI=1S/C29H30ClN3O3/c1-3-15-31-18(2)20-8-11-23(12-9-20)32-28(21-6-4-5-19(16-21)7-14-26(34)35)27-24-13-10-22(30)17-25(24)33-29(27)36/h4-6,8-13,16-18,31,33,36H,3,7,14-15H2,1-2H3,(H,34,35). The fraction of sp³-hybridized carbons (Fsp3) is 0.241. The van der Waals surface area contributed by atoms with Gasteiger partial charge in [0.15, 0.2) is 5.88 Å². The van der Waals surface area contributed by atoms with Crippen molar-refractivity contribution in [3.05, 3.63) is 94.0 Å². The molecule has 4 aromatic rings. The smallest absolute Gasteiger partial charge is 0.303 e. The van der Waals surface area contributed by atoms with Gasteiger partial charge in [-0.1, -0.05) is 54.9 Å². The van der Waals surface area contributed by atoms with E-state index in [2.05, 4.69) is 36.3 Å². The summed E-state index contributed by atoms with van der Waals surface area (Å²) in [5.41, 5.74) is 5.44. The molecule has 1 heterocycles. The lowest BCUT2D eigenvalue weighted by Gasteiger charge is -2.14. The molecule has 0 aliphatic rings. The number of aromatic amines is 1. The Labute approximate surface area is 215 Å². The van der Waals surface area contributed by atoms with Crippen LogP contribution in [0, 0.1) is 0 Å². The monoisotopic (exact) mass is 503 g/mol. The van der Waals surface area contributed by atoms with Crippen LogP contribution in [0.5, 0.6) is 5.88 Å². The van der Waals surface area contributed by atoms with Gasteiger partial charge in [-0.25, -0.2) is 4.99 Å². The zero-order valence-electron chi connectivity index (χ0n) is 20.4. The number of hydrogen-bond donors (Lipinski definition) is 4. The van der Waals surface area contributed by atoms with Crippen molar-refractivity contribution < 1.29 is 15.0 Å². The second kappa shape index (κ2) is 11.4. The molecule has 0 amide bonds. The van der Waals surface area contributed by atoms with Crippen LogP contribution < -0.4 is 5.32 Å². The molecular weight excluding hydrogens is 474 g/mol. The average molecular weight is 504 g/mol. The number of carbonyl (C=O) groups is 1. The van der Waals surface area contributed by atoms with Crippen molar-refractivity contribution in [2.45, 2.75) is 39.2 Å². The molecule has 0 spiro atoms. The van der Waals surface area contributed by atoms with E-state index < -0.39 is 5.97 Å². The van der Waals surface area contributed by atoms with Crippen LogP contribution in [0.2, 0.25) is 5.02 Å². The summed E-state index contributed by atoms with van der Waals surface area (Å²) in [7, 11) is 0. The first-order valence-corrected chi connectivity index (χ1v) is 12.5. The molecule has 0 fully saturated rings. The highest BCUT2D eigenvalue weighted by Gasteiger charge is 2.19. The van der Waals surface area contributed by atoms with Gasteiger partial charge in [-0.05, 0) is 67.8 Å². The van der Waals surface area contributed by atoms with Crippen molar-refractivity contribution in [1.82, 2.24) is 10.3 Å². The van der Waals surface area contributed by atoms with Gasteiger partial charge in [0.05, 0.1) is 22.5 Å². The Morgan fingerprint density at radius 2 is 1.89 bits per heavy atom. The van der Waals surface area contributed by atoms with Gasteiger partial charge in [0, 0.05) is 28.4 Å². The van der Waals surface area contributed by atoms with Crippen molar-refractivity contribution in [2.24, 2.45) is 4.99 Å². The minimum absolute atomic E-state index is 0.00374. The number of H-pyrrole nitrogens is 1. The van der Waals surface area contributed by atoms with Gasteiger partial charge in [0.25, 0.3) is 0 Å². The first kappa shape index (κ1) is 25.5. The predicted octanol–water partition coefficient (Wildman–Crippen LogP) is 6.77. The number of carboxylic acids is 1. The van der Waals surface area contributed by atoms with Crippen molar-refractivity contribution in [1.29, 1.82) is 0 Å². The summed E-state index contributed by atoms with van der Waals surface area (Å²) in [6.45, 7) is 5.23. The Hall–Kier alpha value is -3.61. The molecule has 1 aromatic heterocycles. The van der Waals surface area contributed by atoms with E-state index >= 15 is 0 Å². The third-order valence-electron chi connectivity index (χ3n) is 6.14. The van der Waals surface area contributed by atoms with Crippen LogP contribution in [0.25, 0.3) is 10.9 Å². The topological polar surface area (TPSA) is 97.7 Å². The number of aromatic nitrogens is 1. The summed E-state index contributed by atoms with van der Waals surface area (Å²) < 4.78 is 0. The highest BCUT2D eigenvalue weighted by molar-refractivity contribution is 6.31. The normalized spacial score (nSPS) is 12.7. The molecule has 36 heavy (non-hydrogen) atoms. The molecule has 4 N–H and O–H groups in total. The van der Waals surface area contributed by atoms with Gasteiger partial charge in [-0.2, -0.15) is 0 Å². The second-order valence-electron chi connectivity index (χ2n) is 8.86. The van der Waals surface area contributed by atoms with E-state index in [1.165, 1.54) is 5.56 Å². The van der Waals surface area contributed by atoms with E-state index in [-0.39, 0.29) is 18.3 Å². The number of carboxylic acid groups (broad SMARTS) is 1. The zero-order chi connectivity index (χ0) is 25.7. The first-order chi connectivity index (χ1) is 17.4. The summed E-state index contributed by atoms with van der Waals surface area (Å²) in [5, 5.41) is 24.9. The maximum atomic E-state index is 11.1. The first-order valence-electron chi connectivity index (χ1n) is 12.1. The Balaban J connectivity index is 1.80. The molecule has 6 nitrogen and oxygen atoms in total. The van der Waals surface area contributed by atoms with Crippen molar-refractivity contribution in [3.8, 4) is 5.88 Å². The molecule has 7 heteroatoms. The Bertz CT molecular complexity index is 1390. The van der Waals surface area contributed by atoms with Gasteiger partial charge in [-0.15, -0.1) is 0 Å². The van der Waals surface area contributed by atoms with Crippen molar-refractivity contribution >= 4 is 39.9 Å².